The number of unbranched alkanes of at least 4 members (excludes halogenated alkanes) is 1. The van der Waals surface area contributed by atoms with Gasteiger partial charge in [0.25, 0.3) is 0 Å². The fourth-order valence-corrected chi connectivity index (χ4v) is 6.66. The second kappa shape index (κ2) is 12.5. The van der Waals surface area contributed by atoms with Gasteiger partial charge in [-0.2, -0.15) is 0 Å². The summed E-state index contributed by atoms with van der Waals surface area (Å²) < 4.78 is 10.6. The van der Waals surface area contributed by atoms with Crippen LogP contribution in [0.4, 0.5) is 0 Å². The number of aliphatic hydroxyl groups is 8. The van der Waals surface area contributed by atoms with E-state index >= 15 is 0 Å². The van der Waals surface area contributed by atoms with E-state index in [9.17, 15) is 50.4 Å². The summed E-state index contributed by atoms with van der Waals surface area (Å²) in [5, 5.41) is 88.6. The zero-order valence-corrected chi connectivity index (χ0v) is 29.5. The van der Waals surface area contributed by atoms with Crippen LogP contribution in [0, 0.1) is 33.5 Å². The van der Waals surface area contributed by atoms with Crippen LogP contribution in [-0.4, -0.2) is 88.1 Å². The third kappa shape index (κ3) is 8.20. The lowest BCUT2D eigenvalue weighted by Crippen LogP contribution is -2.68. The normalized spacial score (nSPS) is 27.7. The standard InChI is InChI=1S/C34H58O12/c1-27(2,3)19-17-20(28(4,5)6)32(39,40)25(31(19,37)38)45-23(35)15-13-14-16-24(36)46-26-33(41,42)21(29(7,8)9)18-22(30(10,11)12)34(26,43)44/h17-19,21,25-26,37-44H,13-16H2,1-12H3. The lowest BCUT2D eigenvalue weighted by Gasteiger charge is -2.52. The molecule has 2 rings (SSSR count). The molecule has 0 aromatic rings. The first-order valence-electron chi connectivity index (χ1n) is 15.8. The summed E-state index contributed by atoms with van der Waals surface area (Å²) in [5.41, 5.74) is -3.06. The van der Waals surface area contributed by atoms with Crippen LogP contribution in [-0.2, 0) is 19.1 Å². The van der Waals surface area contributed by atoms with Crippen molar-refractivity contribution >= 4 is 11.9 Å². The second-order valence-electron chi connectivity index (χ2n) is 17.3. The predicted octanol–water partition coefficient (Wildman–Crippen LogP) is 2.39. The van der Waals surface area contributed by atoms with Crippen molar-refractivity contribution in [1.82, 2.24) is 0 Å². The molecule has 12 heteroatoms. The van der Waals surface area contributed by atoms with Gasteiger partial charge in [0.1, 0.15) is 0 Å². The quantitative estimate of drug-likeness (QED) is 0.0857. The Labute approximate surface area is 272 Å². The van der Waals surface area contributed by atoms with E-state index in [-0.39, 0.29) is 36.8 Å². The summed E-state index contributed by atoms with van der Waals surface area (Å²) in [6.45, 7) is 20.7. The van der Waals surface area contributed by atoms with E-state index in [1.807, 2.05) is 0 Å². The molecule has 0 heterocycles. The second-order valence-corrected chi connectivity index (χ2v) is 17.3. The summed E-state index contributed by atoms with van der Waals surface area (Å²) in [6.07, 6.45) is -2.10. The maximum atomic E-state index is 12.9. The summed E-state index contributed by atoms with van der Waals surface area (Å²) in [5.74, 6) is -15.5. The fraction of sp³-hybridized carbons (Fsp3) is 0.824. The predicted molar refractivity (Wildman–Crippen MR) is 168 cm³/mol. The molecule has 4 atom stereocenters. The summed E-state index contributed by atoms with van der Waals surface area (Å²) in [6, 6.07) is 0. The molecule has 2 aliphatic rings. The molecule has 0 amide bonds. The SMILES string of the molecule is CC(C)(C)C1=CC(C(C)(C)C)C(O)(O)C(OC(=O)CCCCC(=O)OC2C(O)(O)C(C(C)(C)C)=CC(C(C)(C)C)C2(O)O)C1(O)O. The largest absolute Gasteiger partial charge is 0.450 e. The van der Waals surface area contributed by atoms with Crippen LogP contribution < -0.4 is 0 Å². The maximum Gasteiger partial charge on any atom is 0.306 e. The Balaban J connectivity index is 2.15. The molecule has 0 aliphatic heterocycles. The number of esters is 2. The Morgan fingerprint density at radius 3 is 1.04 bits per heavy atom. The van der Waals surface area contributed by atoms with E-state index in [0.717, 1.165) is 0 Å². The number of hydrogen-bond donors (Lipinski definition) is 8. The minimum Gasteiger partial charge on any atom is -0.450 e. The molecule has 0 aromatic carbocycles. The molecule has 0 saturated heterocycles. The van der Waals surface area contributed by atoms with Crippen LogP contribution in [0.1, 0.15) is 109 Å². The first-order valence-corrected chi connectivity index (χ1v) is 15.8. The van der Waals surface area contributed by atoms with Gasteiger partial charge in [0.15, 0.2) is 0 Å². The minimum atomic E-state index is -2.89. The molecular formula is C34H58O12. The van der Waals surface area contributed by atoms with Crippen molar-refractivity contribution in [3.8, 4) is 0 Å². The summed E-state index contributed by atoms with van der Waals surface area (Å²) in [4.78, 5) is 25.7. The van der Waals surface area contributed by atoms with Crippen molar-refractivity contribution in [2.45, 2.75) is 144 Å². The topological polar surface area (TPSA) is 214 Å². The van der Waals surface area contributed by atoms with Gasteiger partial charge in [-0.15, -0.1) is 0 Å². The van der Waals surface area contributed by atoms with Crippen LogP contribution in [0.2, 0.25) is 0 Å². The average molecular weight is 659 g/mol. The van der Waals surface area contributed by atoms with Gasteiger partial charge < -0.3 is 50.3 Å². The van der Waals surface area contributed by atoms with Crippen LogP contribution in [0.15, 0.2) is 23.3 Å². The van der Waals surface area contributed by atoms with Gasteiger partial charge in [-0.1, -0.05) is 95.2 Å². The number of hydrogen-bond acceptors (Lipinski definition) is 12. The molecule has 0 spiro atoms. The first kappa shape index (κ1) is 40.3. The third-order valence-electron chi connectivity index (χ3n) is 8.87. The van der Waals surface area contributed by atoms with Crippen molar-refractivity contribution < 1.29 is 59.9 Å². The smallest absolute Gasteiger partial charge is 0.306 e. The zero-order valence-electron chi connectivity index (χ0n) is 29.5. The van der Waals surface area contributed by atoms with Gasteiger partial charge in [0.05, 0.1) is 0 Å². The zero-order chi connectivity index (χ0) is 36.3. The van der Waals surface area contributed by atoms with Crippen molar-refractivity contribution in [3.63, 3.8) is 0 Å². The van der Waals surface area contributed by atoms with Crippen LogP contribution in [0.25, 0.3) is 0 Å². The minimum absolute atomic E-state index is 0.0221. The highest BCUT2D eigenvalue weighted by Gasteiger charge is 2.64. The van der Waals surface area contributed by atoms with Gasteiger partial charge in [0.2, 0.25) is 35.4 Å². The van der Waals surface area contributed by atoms with Crippen LogP contribution >= 0.6 is 0 Å². The van der Waals surface area contributed by atoms with E-state index in [1.54, 1.807) is 83.1 Å². The Bertz CT molecular complexity index is 1100. The maximum absolute atomic E-state index is 12.9. The average Bonchev–Trinajstić information content (AvgIpc) is 2.78. The number of ether oxygens (including phenoxy) is 2. The van der Waals surface area contributed by atoms with Crippen molar-refractivity contribution in [2.24, 2.45) is 33.5 Å². The molecular weight excluding hydrogens is 600 g/mol. The molecule has 4 unspecified atom stereocenters. The molecule has 0 bridgehead atoms. The summed E-state index contributed by atoms with van der Waals surface area (Å²) in [7, 11) is 0. The molecule has 0 radical (unpaired) electrons. The highest BCUT2D eigenvalue weighted by atomic mass is 16.6. The molecule has 0 saturated carbocycles. The highest BCUT2D eigenvalue weighted by Crippen LogP contribution is 2.51. The Kier molecular flexibility index (Phi) is 11.0. The van der Waals surface area contributed by atoms with Gasteiger partial charge in [-0.05, 0) is 45.6 Å². The van der Waals surface area contributed by atoms with E-state index < -0.39 is 80.8 Å². The Morgan fingerprint density at radius 1 is 0.565 bits per heavy atom. The summed E-state index contributed by atoms with van der Waals surface area (Å²) >= 11 is 0. The first-order chi connectivity index (χ1) is 20.2. The molecule has 0 fully saturated rings. The van der Waals surface area contributed by atoms with Gasteiger partial charge >= 0.3 is 11.9 Å². The Morgan fingerprint density at radius 2 is 0.826 bits per heavy atom. The van der Waals surface area contributed by atoms with Crippen LogP contribution in [0.3, 0.4) is 0 Å². The molecule has 2 aliphatic carbocycles. The van der Waals surface area contributed by atoms with E-state index in [0.29, 0.717) is 0 Å². The van der Waals surface area contributed by atoms with E-state index in [4.69, 9.17) is 9.47 Å². The van der Waals surface area contributed by atoms with Gasteiger partial charge in [-0.3, -0.25) is 9.59 Å². The van der Waals surface area contributed by atoms with Gasteiger partial charge in [-0.25, -0.2) is 0 Å². The molecule has 8 N–H and O–H groups in total. The van der Waals surface area contributed by atoms with Crippen molar-refractivity contribution in [1.29, 1.82) is 0 Å². The molecule has 0 aromatic heterocycles. The van der Waals surface area contributed by atoms with Crippen LogP contribution in [0.5, 0.6) is 0 Å². The molecule has 266 valence electrons. The third-order valence-corrected chi connectivity index (χ3v) is 8.87. The lowest BCUT2D eigenvalue weighted by atomic mass is 9.63. The molecule has 12 nitrogen and oxygen atoms in total. The van der Waals surface area contributed by atoms with Crippen molar-refractivity contribution in [2.75, 3.05) is 0 Å². The Hall–Kier alpha value is -1.90. The number of rotatable bonds is 7. The van der Waals surface area contributed by atoms with Crippen molar-refractivity contribution in [3.05, 3.63) is 23.3 Å². The monoisotopic (exact) mass is 658 g/mol. The van der Waals surface area contributed by atoms with E-state index in [1.165, 1.54) is 12.2 Å². The van der Waals surface area contributed by atoms with Gasteiger partial charge in [0, 0.05) is 24.7 Å². The lowest BCUT2D eigenvalue weighted by molar-refractivity contribution is -0.345. The fourth-order valence-electron chi connectivity index (χ4n) is 6.66. The number of carbonyl (C=O) groups excluding carboxylic acids is 2. The highest BCUT2D eigenvalue weighted by molar-refractivity contribution is 5.71. The number of carbonyl (C=O) groups is 2. The molecule has 46 heavy (non-hydrogen) atoms. The van der Waals surface area contributed by atoms with E-state index in [2.05, 4.69) is 0 Å².